The van der Waals surface area contributed by atoms with Crippen molar-refractivity contribution in [2.75, 3.05) is 26.0 Å². The second kappa shape index (κ2) is 7.86. The zero-order valence-corrected chi connectivity index (χ0v) is 13.8. The molecule has 22 heavy (non-hydrogen) atoms. The van der Waals surface area contributed by atoms with Gasteiger partial charge >= 0.3 is 0 Å². The molecule has 0 aliphatic rings. The Morgan fingerprint density at radius 2 is 2.14 bits per heavy atom. The normalized spacial score (nSPS) is 12.2. The van der Waals surface area contributed by atoms with E-state index in [-0.39, 0.29) is 11.9 Å². The molecule has 0 aliphatic heterocycles. The van der Waals surface area contributed by atoms with E-state index in [0.717, 1.165) is 12.2 Å². The van der Waals surface area contributed by atoms with Crippen molar-refractivity contribution in [3.8, 4) is 5.75 Å². The Labute approximate surface area is 134 Å². The number of benzene rings is 1. The third-order valence-electron chi connectivity index (χ3n) is 3.44. The number of nitrogens with one attached hydrogen (secondary N) is 1. The van der Waals surface area contributed by atoms with Gasteiger partial charge in [0.05, 0.1) is 13.7 Å². The number of carbonyl (C=O) groups is 1. The van der Waals surface area contributed by atoms with Crippen LogP contribution in [0.1, 0.15) is 12.5 Å². The van der Waals surface area contributed by atoms with Gasteiger partial charge in [-0.1, -0.05) is 23.5 Å². The van der Waals surface area contributed by atoms with Crippen LogP contribution in [0.3, 0.4) is 0 Å². The summed E-state index contributed by atoms with van der Waals surface area (Å²) in [4.78, 5) is 13.9. The minimum Gasteiger partial charge on any atom is -0.497 e. The van der Waals surface area contributed by atoms with E-state index >= 15 is 0 Å². The molecule has 2 rings (SSSR count). The quantitative estimate of drug-likeness (QED) is 0.846. The zero-order valence-electron chi connectivity index (χ0n) is 12.9. The fourth-order valence-corrected chi connectivity index (χ4v) is 2.49. The fourth-order valence-electron chi connectivity index (χ4n) is 2.03. The van der Waals surface area contributed by atoms with Crippen LogP contribution < -0.4 is 10.1 Å². The molecule has 0 fully saturated rings. The second-order valence-corrected chi connectivity index (χ2v) is 5.94. The third-order valence-corrected chi connectivity index (χ3v) is 4.05. The largest absolute Gasteiger partial charge is 0.497 e. The molecule has 0 unspecified atom stereocenters. The number of amides is 1. The second-order valence-electron chi connectivity index (χ2n) is 5.11. The van der Waals surface area contributed by atoms with Gasteiger partial charge in [0, 0.05) is 6.04 Å². The first-order chi connectivity index (χ1) is 10.6. The fraction of sp³-hybridized carbons (Fsp3) is 0.400. The average molecular weight is 320 g/mol. The van der Waals surface area contributed by atoms with E-state index in [4.69, 9.17) is 4.74 Å². The predicted octanol–water partition coefficient (Wildman–Crippen LogP) is 2.05. The van der Waals surface area contributed by atoms with Gasteiger partial charge in [-0.05, 0) is 38.1 Å². The molecule has 2 aromatic rings. The van der Waals surface area contributed by atoms with Crippen LogP contribution >= 0.6 is 11.3 Å². The Hall–Kier alpha value is -1.99. The number of nitrogens with zero attached hydrogens (tertiary/aromatic N) is 3. The molecule has 1 aromatic carbocycles. The van der Waals surface area contributed by atoms with E-state index in [2.05, 4.69) is 22.4 Å². The number of ether oxygens (including phenoxy) is 1. The van der Waals surface area contributed by atoms with Gasteiger partial charge in [0.25, 0.3) is 0 Å². The molecule has 1 N–H and O–H groups in total. The summed E-state index contributed by atoms with van der Waals surface area (Å²) in [6, 6.07) is 8.23. The first kappa shape index (κ1) is 16.4. The minimum absolute atomic E-state index is 0.0826. The van der Waals surface area contributed by atoms with E-state index in [9.17, 15) is 4.79 Å². The van der Waals surface area contributed by atoms with Crippen molar-refractivity contribution in [1.82, 2.24) is 15.1 Å². The van der Waals surface area contributed by atoms with Crippen LogP contribution in [0.15, 0.2) is 29.8 Å². The van der Waals surface area contributed by atoms with Crippen LogP contribution in [0.2, 0.25) is 0 Å². The molecule has 0 radical (unpaired) electrons. The monoisotopic (exact) mass is 320 g/mol. The molecule has 0 aliphatic carbocycles. The van der Waals surface area contributed by atoms with Gasteiger partial charge in [-0.2, -0.15) is 0 Å². The smallest absolute Gasteiger partial charge is 0.240 e. The molecule has 118 valence electrons. The number of rotatable bonds is 7. The van der Waals surface area contributed by atoms with Crippen LogP contribution in [0, 0.1) is 0 Å². The minimum atomic E-state index is -0.0826. The van der Waals surface area contributed by atoms with Crippen molar-refractivity contribution in [3.05, 3.63) is 35.3 Å². The number of carbonyl (C=O) groups excluding carboxylic acids is 1. The highest BCUT2D eigenvalue weighted by atomic mass is 32.1. The molecule has 0 bridgehead atoms. The molecule has 0 spiro atoms. The van der Waals surface area contributed by atoms with Crippen molar-refractivity contribution in [2.45, 2.75) is 19.4 Å². The van der Waals surface area contributed by atoms with Crippen molar-refractivity contribution in [2.24, 2.45) is 0 Å². The number of anilines is 1. The number of aromatic nitrogens is 2. The summed E-state index contributed by atoms with van der Waals surface area (Å²) in [6.45, 7) is 2.42. The van der Waals surface area contributed by atoms with E-state index in [1.165, 1.54) is 16.9 Å². The first-order valence-corrected chi connectivity index (χ1v) is 7.85. The lowest BCUT2D eigenvalue weighted by Crippen LogP contribution is -2.37. The average Bonchev–Trinajstić information content (AvgIpc) is 3.00. The van der Waals surface area contributed by atoms with Crippen molar-refractivity contribution >= 4 is 22.4 Å². The highest BCUT2D eigenvalue weighted by molar-refractivity contribution is 7.13. The Balaban J connectivity index is 1.82. The standard InChI is InChI=1S/C15H20N4O2S/c1-11(8-12-4-6-13(21-3)7-5-12)19(2)9-14(20)17-15-18-16-10-22-15/h4-7,10-11H,8-9H2,1-3H3,(H,17,18,20)/t11-/m1/s1. The van der Waals surface area contributed by atoms with Gasteiger partial charge in [-0.3, -0.25) is 15.0 Å². The first-order valence-electron chi connectivity index (χ1n) is 6.97. The van der Waals surface area contributed by atoms with E-state index in [0.29, 0.717) is 11.7 Å². The lowest BCUT2D eigenvalue weighted by atomic mass is 10.1. The molecule has 0 saturated heterocycles. The molecule has 1 aromatic heterocycles. The Morgan fingerprint density at radius 3 is 2.73 bits per heavy atom. The molecular formula is C15H20N4O2S. The SMILES string of the molecule is COc1ccc(C[C@@H](C)N(C)CC(=O)Nc2nncs2)cc1. The number of likely N-dealkylation sites (N-methyl/N-ethyl adjacent to an activating group) is 1. The molecule has 6 nitrogen and oxygen atoms in total. The van der Waals surface area contributed by atoms with Crippen molar-refractivity contribution in [1.29, 1.82) is 0 Å². The van der Waals surface area contributed by atoms with Crippen molar-refractivity contribution in [3.63, 3.8) is 0 Å². The number of methoxy groups -OCH3 is 1. The maximum absolute atomic E-state index is 11.9. The summed E-state index contributed by atoms with van der Waals surface area (Å²) >= 11 is 1.31. The van der Waals surface area contributed by atoms with E-state index in [1.807, 2.05) is 36.2 Å². The maximum Gasteiger partial charge on any atom is 0.240 e. The third kappa shape index (κ3) is 4.78. The van der Waals surface area contributed by atoms with Crippen LogP contribution in [-0.2, 0) is 11.2 Å². The van der Waals surface area contributed by atoms with E-state index < -0.39 is 0 Å². The number of hydrogen-bond acceptors (Lipinski definition) is 6. The van der Waals surface area contributed by atoms with Crippen LogP contribution in [0.5, 0.6) is 5.75 Å². The Kier molecular flexibility index (Phi) is 5.85. The lowest BCUT2D eigenvalue weighted by Gasteiger charge is -2.24. The number of hydrogen-bond donors (Lipinski definition) is 1. The summed E-state index contributed by atoms with van der Waals surface area (Å²) in [5.41, 5.74) is 2.80. The summed E-state index contributed by atoms with van der Waals surface area (Å²) in [7, 11) is 3.59. The molecular weight excluding hydrogens is 300 g/mol. The topological polar surface area (TPSA) is 67.3 Å². The Bertz CT molecular complexity index is 586. The summed E-state index contributed by atoms with van der Waals surface area (Å²) < 4.78 is 5.15. The van der Waals surface area contributed by atoms with Gasteiger partial charge in [0.15, 0.2) is 0 Å². The van der Waals surface area contributed by atoms with Gasteiger partial charge in [0.2, 0.25) is 11.0 Å². The summed E-state index contributed by atoms with van der Waals surface area (Å²) in [5, 5.41) is 10.8. The zero-order chi connectivity index (χ0) is 15.9. The van der Waals surface area contributed by atoms with Gasteiger partial charge in [-0.15, -0.1) is 10.2 Å². The van der Waals surface area contributed by atoms with Gasteiger partial charge in [-0.25, -0.2) is 0 Å². The lowest BCUT2D eigenvalue weighted by molar-refractivity contribution is -0.117. The van der Waals surface area contributed by atoms with Crippen LogP contribution in [0.25, 0.3) is 0 Å². The van der Waals surface area contributed by atoms with E-state index in [1.54, 1.807) is 12.6 Å². The molecule has 1 amide bonds. The summed E-state index contributed by atoms with van der Waals surface area (Å²) in [5.74, 6) is 0.766. The van der Waals surface area contributed by atoms with Crippen LogP contribution in [0.4, 0.5) is 5.13 Å². The predicted molar refractivity (Wildman–Crippen MR) is 87.3 cm³/mol. The highest BCUT2D eigenvalue weighted by Crippen LogP contribution is 2.14. The summed E-state index contributed by atoms with van der Waals surface area (Å²) in [6.07, 6.45) is 0.868. The molecule has 0 saturated carbocycles. The highest BCUT2D eigenvalue weighted by Gasteiger charge is 2.14. The maximum atomic E-state index is 11.9. The van der Waals surface area contributed by atoms with Crippen LogP contribution in [-0.4, -0.2) is 47.7 Å². The molecule has 1 heterocycles. The Morgan fingerprint density at radius 1 is 1.41 bits per heavy atom. The van der Waals surface area contributed by atoms with Crippen molar-refractivity contribution < 1.29 is 9.53 Å². The molecule has 7 heteroatoms. The molecule has 1 atom stereocenters. The van der Waals surface area contributed by atoms with Gasteiger partial charge < -0.3 is 4.74 Å². The van der Waals surface area contributed by atoms with Gasteiger partial charge in [0.1, 0.15) is 11.3 Å².